The van der Waals surface area contributed by atoms with E-state index >= 15 is 0 Å². The summed E-state index contributed by atoms with van der Waals surface area (Å²) in [5.74, 6) is -0.127. The highest BCUT2D eigenvalue weighted by Crippen LogP contribution is 2.30. The Morgan fingerprint density at radius 2 is 1.92 bits per heavy atom. The van der Waals surface area contributed by atoms with Gasteiger partial charge in [0.15, 0.2) is 12.3 Å². The first-order valence-electron chi connectivity index (χ1n) is 8.78. The fraction of sp³-hybridized carbons (Fsp3) is 0.444. The van der Waals surface area contributed by atoms with E-state index in [0.717, 1.165) is 32.4 Å². The Morgan fingerprint density at radius 1 is 1.15 bits per heavy atom. The Balaban J connectivity index is 1.76. The van der Waals surface area contributed by atoms with Gasteiger partial charge in [-0.1, -0.05) is 12.1 Å². The van der Waals surface area contributed by atoms with Crippen molar-refractivity contribution in [2.24, 2.45) is 0 Å². The van der Waals surface area contributed by atoms with E-state index in [1.54, 1.807) is 31.2 Å². The van der Waals surface area contributed by atoms with Gasteiger partial charge in [-0.25, -0.2) is 4.79 Å². The lowest BCUT2D eigenvalue weighted by molar-refractivity contribution is -0.134. The number of carbonyl (C=O) groups is 2. The molecule has 2 heterocycles. The van der Waals surface area contributed by atoms with E-state index in [9.17, 15) is 9.59 Å². The average Bonchev–Trinajstić information content (AvgIpc) is 3.17. The Kier molecular flexibility index (Phi) is 5.83. The number of nitrogens with one attached hydrogen (secondary N) is 1. The van der Waals surface area contributed by atoms with Crippen LogP contribution in [-0.4, -0.2) is 58.5 Å². The van der Waals surface area contributed by atoms with Crippen molar-refractivity contribution in [3.63, 3.8) is 0 Å². The summed E-state index contributed by atoms with van der Waals surface area (Å²) in [5.41, 5.74) is 1.01. The maximum absolute atomic E-state index is 12.3. The number of piperidine rings is 1. The number of likely N-dealkylation sites (tertiary alicyclic amines) is 1. The van der Waals surface area contributed by atoms with Crippen LogP contribution in [0.25, 0.3) is 11.3 Å². The van der Waals surface area contributed by atoms with E-state index in [-0.39, 0.29) is 24.8 Å². The first-order chi connectivity index (χ1) is 12.7. The van der Waals surface area contributed by atoms with E-state index < -0.39 is 5.97 Å². The minimum Gasteiger partial charge on any atom is -0.483 e. The highest BCUT2D eigenvalue weighted by molar-refractivity contribution is 5.94. The highest BCUT2D eigenvalue weighted by atomic mass is 16.5. The summed E-state index contributed by atoms with van der Waals surface area (Å²) in [4.78, 5) is 26.2. The van der Waals surface area contributed by atoms with Crippen LogP contribution in [0.3, 0.4) is 0 Å². The van der Waals surface area contributed by atoms with Crippen LogP contribution in [0.1, 0.15) is 36.7 Å². The number of hydrogen-bond acceptors (Lipinski definition) is 6. The molecule has 26 heavy (non-hydrogen) atoms. The first kappa shape index (κ1) is 17.9. The monoisotopic (exact) mass is 358 g/mol. The lowest BCUT2D eigenvalue weighted by Gasteiger charge is -2.26. The van der Waals surface area contributed by atoms with Crippen molar-refractivity contribution in [1.29, 1.82) is 0 Å². The number of hydrogen-bond donors (Lipinski definition) is 1. The molecule has 8 nitrogen and oxygen atoms in total. The van der Waals surface area contributed by atoms with Crippen molar-refractivity contribution >= 4 is 11.9 Å². The number of ether oxygens (including phenoxy) is 2. The molecule has 3 rings (SSSR count). The third-order valence-corrected chi connectivity index (χ3v) is 4.22. The van der Waals surface area contributed by atoms with Crippen LogP contribution >= 0.6 is 0 Å². The molecular formula is C18H22N4O4. The third kappa shape index (κ3) is 4.01. The van der Waals surface area contributed by atoms with E-state index in [2.05, 4.69) is 15.4 Å². The lowest BCUT2D eigenvalue weighted by Crippen LogP contribution is -2.38. The second-order valence-electron chi connectivity index (χ2n) is 5.97. The van der Waals surface area contributed by atoms with Crippen molar-refractivity contribution in [3.8, 4) is 17.0 Å². The van der Waals surface area contributed by atoms with Gasteiger partial charge in [-0.2, -0.15) is 10.3 Å². The topological polar surface area (TPSA) is 97.4 Å². The number of para-hydroxylation sites is 1. The summed E-state index contributed by atoms with van der Waals surface area (Å²) in [6.45, 7) is 3.47. The average molecular weight is 358 g/mol. The largest absolute Gasteiger partial charge is 0.483 e. The predicted molar refractivity (Wildman–Crippen MR) is 93.7 cm³/mol. The fourth-order valence-electron chi connectivity index (χ4n) is 2.92. The Hall–Kier alpha value is -2.90. The molecular weight excluding hydrogens is 336 g/mol. The summed E-state index contributed by atoms with van der Waals surface area (Å²) in [7, 11) is 0. The maximum Gasteiger partial charge on any atom is 0.361 e. The molecule has 0 aliphatic carbocycles. The molecule has 1 fully saturated rings. The quantitative estimate of drug-likeness (QED) is 0.794. The van der Waals surface area contributed by atoms with E-state index in [0.29, 0.717) is 17.0 Å². The fourth-order valence-corrected chi connectivity index (χ4v) is 2.92. The molecule has 1 aliphatic heterocycles. The second-order valence-corrected chi connectivity index (χ2v) is 5.97. The van der Waals surface area contributed by atoms with Crippen molar-refractivity contribution in [2.75, 3.05) is 26.3 Å². The third-order valence-electron chi connectivity index (χ3n) is 4.22. The van der Waals surface area contributed by atoms with Gasteiger partial charge in [-0.15, -0.1) is 5.10 Å². The van der Waals surface area contributed by atoms with Crippen molar-refractivity contribution in [1.82, 2.24) is 20.3 Å². The minimum atomic E-state index is -0.560. The van der Waals surface area contributed by atoms with Crippen LogP contribution in [0.15, 0.2) is 24.3 Å². The van der Waals surface area contributed by atoms with Crippen LogP contribution in [-0.2, 0) is 9.53 Å². The zero-order valence-electron chi connectivity index (χ0n) is 14.7. The first-order valence-corrected chi connectivity index (χ1v) is 8.78. The number of rotatable bonds is 6. The molecule has 0 unspecified atom stereocenters. The molecule has 0 saturated carbocycles. The number of aromatic amines is 1. The molecule has 0 atom stereocenters. The van der Waals surface area contributed by atoms with E-state index in [4.69, 9.17) is 9.47 Å². The van der Waals surface area contributed by atoms with Gasteiger partial charge in [-0.05, 0) is 38.3 Å². The number of amides is 1. The van der Waals surface area contributed by atoms with Crippen LogP contribution in [0.5, 0.6) is 5.75 Å². The maximum atomic E-state index is 12.3. The standard InChI is InChI=1S/C18H22N4O4/c1-2-25-18(24)17-16(19-21-20-17)13-8-4-5-9-14(13)26-12-15(23)22-10-6-3-7-11-22/h4-5,8-9H,2-3,6-7,10-12H2,1H3,(H,19,20,21). The SMILES string of the molecule is CCOC(=O)c1n[nH]nc1-c1ccccc1OCC(=O)N1CCCCC1. The van der Waals surface area contributed by atoms with Crippen LogP contribution < -0.4 is 4.74 Å². The molecule has 1 N–H and O–H groups in total. The zero-order chi connectivity index (χ0) is 18.4. The summed E-state index contributed by atoms with van der Waals surface area (Å²) in [5, 5.41) is 10.4. The molecule has 1 amide bonds. The molecule has 1 aromatic heterocycles. The van der Waals surface area contributed by atoms with E-state index in [1.807, 2.05) is 4.90 Å². The normalized spacial score (nSPS) is 14.1. The van der Waals surface area contributed by atoms with E-state index in [1.165, 1.54) is 0 Å². The number of benzene rings is 1. The number of H-pyrrole nitrogens is 1. The van der Waals surface area contributed by atoms with Crippen LogP contribution in [0.4, 0.5) is 0 Å². The second kappa shape index (κ2) is 8.46. The molecule has 138 valence electrons. The summed E-state index contributed by atoms with van der Waals surface area (Å²) >= 11 is 0. The smallest absolute Gasteiger partial charge is 0.361 e. The molecule has 1 aromatic carbocycles. The molecule has 2 aromatic rings. The Labute approximate surface area is 151 Å². The van der Waals surface area contributed by atoms with Crippen LogP contribution in [0.2, 0.25) is 0 Å². The predicted octanol–water partition coefficient (Wildman–Crippen LogP) is 2.04. The van der Waals surface area contributed by atoms with Gasteiger partial charge in [0.25, 0.3) is 5.91 Å². The lowest BCUT2D eigenvalue weighted by atomic mass is 10.1. The molecule has 0 radical (unpaired) electrons. The van der Waals surface area contributed by atoms with Gasteiger partial charge in [-0.3, -0.25) is 4.79 Å². The van der Waals surface area contributed by atoms with Gasteiger partial charge in [0.05, 0.1) is 6.61 Å². The van der Waals surface area contributed by atoms with Crippen molar-refractivity contribution in [3.05, 3.63) is 30.0 Å². The zero-order valence-corrected chi connectivity index (χ0v) is 14.7. The van der Waals surface area contributed by atoms with Gasteiger partial charge in [0.2, 0.25) is 0 Å². The number of nitrogens with zero attached hydrogens (tertiary/aromatic N) is 3. The Morgan fingerprint density at radius 3 is 2.69 bits per heavy atom. The number of carbonyl (C=O) groups excluding carboxylic acids is 2. The number of esters is 1. The highest BCUT2D eigenvalue weighted by Gasteiger charge is 2.22. The molecule has 1 aliphatic rings. The minimum absolute atomic E-state index is 0.0368. The summed E-state index contributed by atoms with van der Waals surface area (Å²) < 4.78 is 10.7. The Bertz CT molecular complexity index is 768. The molecule has 8 heteroatoms. The molecule has 0 spiro atoms. The van der Waals surface area contributed by atoms with Gasteiger partial charge >= 0.3 is 5.97 Å². The number of aromatic nitrogens is 3. The van der Waals surface area contributed by atoms with Gasteiger partial charge < -0.3 is 14.4 Å². The molecule has 0 bridgehead atoms. The van der Waals surface area contributed by atoms with Gasteiger partial charge in [0.1, 0.15) is 11.4 Å². The molecule has 1 saturated heterocycles. The van der Waals surface area contributed by atoms with Crippen LogP contribution in [0, 0.1) is 0 Å². The summed E-state index contributed by atoms with van der Waals surface area (Å²) in [6.07, 6.45) is 3.23. The summed E-state index contributed by atoms with van der Waals surface area (Å²) in [6, 6.07) is 7.11. The van der Waals surface area contributed by atoms with Gasteiger partial charge in [0, 0.05) is 18.7 Å². The van der Waals surface area contributed by atoms with Crippen molar-refractivity contribution in [2.45, 2.75) is 26.2 Å². The van der Waals surface area contributed by atoms with Crippen molar-refractivity contribution < 1.29 is 19.1 Å².